The molecule has 2 aromatic carbocycles. The van der Waals surface area contributed by atoms with E-state index in [9.17, 15) is 4.79 Å². The molecule has 32 heavy (non-hydrogen) atoms. The van der Waals surface area contributed by atoms with Gasteiger partial charge < -0.3 is 25.4 Å². The van der Waals surface area contributed by atoms with Crippen LogP contribution in [0.2, 0.25) is 0 Å². The van der Waals surface area contributed by atoms with Gasteiger partial charge in [-0.1, -0.05) is 12.1 Å². The van der Waals surface area contributed by atoms with Gasteiger partial charge in [-0.25, -0.2) is 0 Å². The third-order valence-corrected chi connectivity index (χ3v) is 5.48. The van der Waals surface area contributed by atoms with Crippen LogP contribution in [0.25, 0.3) is 0 Å². The number of nitrogens with zero attached hydrogens (tertiary/aromatic N) is 1. The van der Waals surface area contributed by atoms with Crippen LogP contribution in [0.5, 0.6) is 11.5 Å². The summed E-state index contributed by atoms with van der Waals surface area (Å²) in [6.45, 7) is 6.06. The summed E-state index contributed by atoms with van der Waals surface area (Å²) in [4.78, 5) is 14.4. The number of hydrogen-bond donors (Lipinski definition) is 4. The standard InChI is InChI=1S/C24H31N5O3/c1-16-3-4-19(23(26)27)15-22(16)31-14-11-28-24(30)18-5-7-20(8-6-18)32-21-9-12-29(13-10-21)17(2)25/h3-8,15,21,25H,9-14H2,1-2H3,(H3,26,27)(H,28,30). The third kappa shape index (κ3) is 6.23. The molecule has 1 heterocycles. The van der Waals surface area contributed by atoms with Gasteiger partial charge in [0, 0.05) is 37.1 Å². The van der Waals surface area contributed by atoms with Crippen molar-refractivity contribution in [1.82, 2.24) is 10.2 Å². The number of ether oxygens (including phenoxy) is 2. The molecule has 1 aliphatic rings. The first-order chi connectivity index (χ1) is 15.3. The van der Waals surface area contributed by atoms with Gasteiger partial charge in [0.1, 0.15) is 30.0 Å². The molecule has 170 valence electrons. The minimum Gasteiger partial charge on any atom is -0.491 e. The topological polar surface area (TPSA) is 125 Å². The van der Waals surface area contributed by atoms with Gasteiger partial charge in [-0.3, -0.25) is 15.6 Å². The first-order valence-electron chi connectivity index (χ1n) is 10.8. The minimum absolute atomic E-state index is 0.0116. The Morgan fingerprint density at radius 2 is 1.78 bits per heavy atom. The molecule has 3 rings (SSSR count). The smallest absolute Gasteiger partial charge is 0.251 e. The Morgan fingerprint density at radius 3 is 2.41 bits per heavy atom. The van der Waals surface area contributed by atoms with E-state index in [1.165, 1.54) is 0 Å². The van der Waals surface area contributed by atoms with Gasteiger partial charge in [0.2, 0.25) is 0 Å². The molecule has 5 N–H and O–H groups in total. The molecule has 1 aliphatic heterocycles. The molecule has 0 spiro atoms. The zero-order valence-corrected chi connectivity index (χ0v) is 18.6. The van der Waals surface area contributed by atoms with Crippen LogP contribution in [0.3, 0.4) is 0 Å². The van der Waals surface area contributed by atoms with E-state index in [4.69, 9.17) is 26.0 Å². The number of aryl methyl sites for hydroxylation is 1. The first kappa shape index (κ1) is 23.1. The number of rotatable bonds is 8. The van der Waals surface area contributed by atoms with E-state index in [1.54, 1.807) is 24.3 Å². The molecule has 0 bridgehead atoms. The molecule has 1 fully saturated rings. The van der Waals surface area contributed by atoms with Crippen LogP contribution in [0.4, 0.5) is 0 Å². The molecular weight excluding hydrogens is 406 g/mol. The van der Waals surface area contributed by atoms with Crippen molar-refractivity contribution in [3.63, 3.8) is 0 Å². The maximum atomic E-state index is 12.4. The Bertz CT molecular complexity index is 966. The number of amides is 1. The molecular formula is C24H31N5O3. The fourth-order valence-electron chi connectivity index (χ4n) is 3.54. The van der Waals surface area contributed by atoms with Crippen LogP contribution < -0.4 is 20.5 Å². The summed E-state index contributed by atoms with van der Waals surface area (Å²) in [7, 11) is 0. The van der Waals surface area contributed by atoms with E-state index >= 15 is 0 Å². The highest BCUT2D eigenvalue weighted by molar-refractivity contribution is 5.95. The third-order valence-electron chi connectivity index (χ3n) is 5.48. The Hall–Kier alpha value is -3.55. The molecule has 0 aliphatic carbocycles. The average molecular weight is 438 g/mol. The molecule has 0 radical (unpaired) electrons. The number of nitrogens with two attached hydrogens (primary N) is 1. The fraction of sp³-hybridized carbons (Fsp3) is 0.375. The highest BCUT2D eigenvalue weighted by Gasteiger charge is 2.20. The number of likely N-dealkylation sites (tertiary alicyclic amines) is 1. The highest BCUT2D eigenvalue weighted by atomic mass is 16.5. The number of carbonyl (C=O) groups excluding carboxylic acids is 1. The van der Waals surface area contributed by atoms with Gasteiger partial charge in [-0.2, -0.15) is 0 Å². The zero-order valence-electron chi connectivity index (χ0n) is 18.6. The number of benzene rings is 2. The maximum Gasteiger partial charge on any atom is 0.251 e. The van der Waals surface area contributed by atoms with E-state index in [1.807, 2.05) is 32.0 Å². The number of piperidine rings is 1. The van der Waals surface area contributed by atoms with Crippen LogP contribution in [0, 0.1) is 17.7 Å². The van der Waals surface area contributed by atoms with Crippen LogP contribution in [0.15, 0.2) is 42.5 Å². The normalized spacial score (nSPS) is 14.0. The van der Waals surface area contributed by atoms with Crippen LogP contribution in [0.1, 0.15) is 41.3 Å². The Balaban J connectivity index is 1.43. The first-order valence-corrected chi connectivity index (χ1v) is 10.8. The van der Waals surface area contributed by atoms with E-state index < -0.39 is 0 Å². The van der Waals surface area contributed by atoms with Crippen LogP contribution >= 0.6 is 0 Å². The van der Waals surface area contributed by atoms with Crippen LogP contribution in [-0.2, 0) is 0 Å². The number of nitrogens with one attached hydrogen (secondary N) is 3. The lowest BCUT2D eigenvalue weighted by atomic mass is 10.1. The molecule has 0 atom stereocenters. The Morgan fingerprint density at radius 1 is 1.12 bits per heavy atom. The monoisotopic (exact) mass is 437 g/mol. The highest BCUT2D eigenvalue weighted by Crippen LogP contribution is 2.21. The van der Waals surface area contributed by atoms with Gasteiger partial charge in [0.25, 0.3) is 5.91 Å². The average Bonchev–Trinajstić information content (AvgIpc) is 2.78. The van der Waals surface area contributed by atoms with Crippen molar-refractivity contribution in [2.24, 2.45) is 5.73 Å². The van der Waals surface area contributed by atoms with Crippen LogP contribution in [-0.4, -0.2) is 54.8 Å². The van der Waals surface area contributed by atoms with Gasteiger partial charge in [-0.05, 0) is 49.7 Å². The number of amidine groups is 2. The predicted octanol–water partition coefficient (Wildman–Crippen LogP) is 2.93. The van der Waals surface area contributed by atoms with Gasteiger partial charge >= 0.3 is 0 Å². The van der Waals surface area contributed by atoms with Gasteiger partial charge in [-0.15, -0.1) is 0 Å². The summed E-state index contributed by atoms with van der Waals surface area (Å²) in [5, 5.41) is 18.1. The molecule has 0 aromatic heterocycles. The van der Waals surface area contributed by atoms with E-state index in [2.05, 4.69) is 10.2 Å². The Labute approximate surface area is 188 Å². The second kappa shape index (κ2) is 10.7. The molecule has 2 aromatic rings. The van der Waals surface area contributed by atoms with Crippen molar-refractivity contribution in [1.29, 1.82) is 10.8 Å². The molecule has 1 amide bonds. The second-order valence-corrected chi connectivity index (χ2v) is 7.91. The van der Waals surface area contributed by atoms with Crippen molar-refractivity contribution in [2.45, 2.75) is 32.8 Å². The molecule has 8 heteroatoms. The molecule has 0 unspecified atom stereocenters. The summed E-state index contributed by atoms with van der Waals surface area (Å²) < 4.78 is 11.8. The molecule has 0 saturated carbocycles. The van der Waals surface area contributed by atoms with Crippen molar-refractivity contribution < 1.29 is 14.3 Å². The number of carbonyl (C=O) groups is 1. The Kier molecular flexibility index (Phi) is 7.70. The SMILES string of the molecule is CC(=N)N1CCC(Oc2ccc(C(=O)NCCOc3cc(C(=N)N)ccc3C)cc2)CC1. The van der Waals surface area contributed by atoms with E-state index in [0.717, 1.165) is 37.2 Å². The maximum absolute atomic E-state index is 12.4. The predicted molar refractivity (Wildman–Crippen MR) is 125 cm³/mol. The lowest BCUT2D eigenvalue weighted by molar-refractivity contribution is 0.0947. The number of hydrogen-bond acceptors (Lipinski definition) is 5. The van der Waals surface area contributed by atoms with Gasteiger partial charge in [0.15, 0.2) is 0 Å². The van der Waals surface area contributed by atoms with Crippen molar-refractivity contribution in [3.05, 3.63) is 59.2 Å². The number of nitrogen functional groups attached to an aromatic ring is 1. The summed E-state index contributed by atoms with van der Waals surface area (Å²) in [5.41, 5.74) is 7.62. The zero-order chi connectivity index (χ0) is 23.1. The summed E-state index contributed by atoms with van der Waals surface area (Å²) in [5.74, 6) is 1.81. The van der Waals surface area contributed by atoms with E-state index in [-0.39, 0.29) is 17.8 Å². The minimum atomic E-state index is -0.177. The molecule has 1 saturated heterocycles. The quantitative estimate of drug-likeness (QED) is 0.287. The second-order valence-electron chi connectivity index (χ2n) is 7.91. The summed E-state index contributed by atoms with van der Waals surface area (Å²) in [6.07, 6.45) is 1.90. The van der Waals surface area contributed by atoms with Crippen molar-refractivity contribution >= 4 is 17.6 Å². The molecule has 8 nitrogen and oxygen atoms in total. The fourth-order valence-corrected chi connectivity index (χ4v) is 3.54. The van der Waals surface area contributed by atoms with E-state index in [0.29, 0.717) is 35.9 Å². The summed E-state index contributed by atoms with van der Waals surface area (Å²) >= 11 is 0. The van der Waals surface area contributed by atoms with Crippen molar-refractivity contribution in [3.8, 4) is 11.5 Å². The lowest BCUT2D eigenvalue weighted by Crippen LogP contribution is -2.40. The largest absolute Gasteiger partial charge is 0.491 e. The van der Waals surface area contributed by atoms with Gasteiger partial charge in [0.05, 0.1) is 12.4 Å². The lowest BCUT2D eigenvalue weighted by Gasteiger charge is -2.32. The summed E-state index contributed by atoms with van der Waals surface area (Å²) in [6, 6.07) is 12.5. The van der Waals surface area contributed by atoms with Crippen molar-refractivity contribution in [2.75, 3.05) is 26.2 Å².